The van der Waals surface area contributed by atoms with Crippen LogP contribution in [0.2, 0.25) is 0 Å². The molecular formula is C42H50F3N9O5S. The molecule has 4 atom stereocenters. The Morgan fingerprint density at radius 1 is 1.10 bits per heavy atom. The number of pyridine rings is 1. The SMILES string of the molecule is C[C@@H]1CC(OCC[C@H]2CC[C@H](N3C(=S)N(c4cnc(C#N)c(C(F)(F)F)c4)C(=O)C3(C)C)CC2)C[C@H](C)N1CC(=O)Nc1cccc2c(C3CCC(=O)NC3=O)nn(C)c12. The average Bonchev–Trinajstić information content (AvgIpc) is 3.61. The highest BCUT2D eigenvalue weighted by atomic mass is 32.1. The lowest BCUT2D eigenvalue weighted by atomic mass is 9.82. The Hall–Kier alpha value is -4.99. The molecule has 320 valence electrons. The van der Waals surface area contributed by atoms with Crippen LogP contribution in [0, 0.1) is 17.2 Å². The Balaban J connectivity index is 0.884. The number of hydrogen-bond donors (Lipinski definition) is 2. The fourth-order valence-electron chi connectivity index (χ4n) is 9.67. The summed E-state index contributed by atoms with van der Waals surface area (Å²) in [5.41, 5.74) is -1.28. The number of ether oxygens (including phenoxy) is 1. The molecule has 1 saturated carbocycles. The van der Waals surface area contributed by atoms with E-state index in [2.05, 4.69) is 39.5 Å². The molecule has 2 unspecified atom stereocenters. The second-order valence-electron chi connectivity index (χ2n) is 17.1. The van der Waals surface area contributed by atoms with Gasteiger partial charge in [0.05, 0.1) is 52.9 Å². The van der Waals surface area contributed by atoms with E-state index >= 15 is 0 Å². The summed E-state index contributed by atoms with van der Waals surface area (Å²) in [6, 6.07) is 7.89. The van der Waals surface area contributed by atoms with Crippen LogP contribution in [0.25, 0.3) is 10.9 Å². The summed E-state index contributed by atoms with van der Waals surface area (Å²) in [6.07, 6.45) is 2.68. The van der Waals surface area contributed by atoms with Crippen molar-refractivity contribution in [3.8, 4) is 6.07 Å². The van der Waals surface area contributed by atoms with Gasteiger partial charge in [0.1, 0.15) is 11.6 Å². The minimum atomic E-state index is -4.82. The first kappa shape index (κ1) is 43.1. The quantitative estimate of drug-likeness (QED) is 0.183. The maximum Gasteiger partial charge on any atom is 0.419 e. The van der Waals surface area contributed by atoms with E-state index in [4.69, 9.17) is 17.0 Å². The smallest absolute Gasteiger partial charge is 0.378 e. The van der Waals surface area contributed by atoms with Crippen LogP contribution in [0.4, 0.5) is 24.5 Å². The number of thiocarbonyl (C=S) groups is 1. The van der Waals surface area contributed by atoms with Crippen molar-refractivity contribution in [3.63, 3.8) is 0 Å². The van der Waals surface area contributed by atoms with Gasteiger partial charge in [-0.1, -0.05) is 12.1 Å². The third kappa shape index (κ3) is 8.35. The highest BCUT2D eigenvalue weighted by Gasteiger charge is 2.53. The molecular weight excluding hydrogens is 800 g/mol. The van der Waals surface area contributed by atoms with Crippen molar-refractivity contribution in [1.29, 1.82) is 5.26 Å². The molecule has 4 amide bonds. The number of fused-ring (bicyclic) bond motifs is 1. The number of aryl methyl sites for hydroxylation is 1. The summed E-state index contributed by atoms with van der Waals surface area (Å²) in [4.78, 5) is 60.3. The first-order chi connectivity index (χ1) is 28.4. The lowest BCUT2D eigenvalue weighted by Crippen LogP contribution is -2.51. The summed E-state index contributed by atoms with van der Waals surface area (Å²) in [6.45, 7) is 8.48. The van der Waals surface area contributed by atoms with E-state index in [0.29, 0.717) is 35.8 Å². The standard InChI is InChI=1S/C42H50F3N9O5S/c1-23-17-28(18-24(2)52(23)22-35(56)48-32-8-6-7-29-36(50-51(5)37(29)32)30-13-14-34(55)49-38(30)57)59-16-15-25-9-11-26(12-10-25)54-40(60)53(39(58)41(54,3)4)27-19-31(42(43,44)45)33(20-46)47-21-27/h6-8,19,21,23-26,28,30H,9-18,22H2,1-5H3,(H,48,56)(H,49,55,57)/t23-,24+,25-,26-,28?,30?. The van der Waals surface area contributed by atoms with Crippen molar-refractivity contribution < 1.29 is 37.1 Å². The predicted octanol–water partition coefficient (Wildman–Crippen LogP) is 5.94. The number of carbonyl (C=O) groups excluding carboxylic acids is 4. The molecule has 0 radical (unpaired) electrons. The zero-order valence-corrected chi connectivity index (χ0v) is 35.2. The summed E-state index contributed by atoms with van der Waals surface area (Å²) in [5, 5.41) is 20.2. The van der Waals surface area contributed by atoms with Crippen LogP contribution in [0.3, 0.4) is 0 Å². The van der Waals surface area contributed by atoms with Crippen LogP contribution in [0.1, 0.15) is 108 Å². The third-order valence-electron chi connectivity index (χ3n) is 12.7. The van der Waals surface area contributed by atoms with E-state index in [1.54, 1.807) is 25.6 Å². The number of aromatic nitrogens is 3. The molecule has 3 saturated heterocycles. The second kappa shape index (κ2) is 16.8. The van der Waals surface area contributed by atoms with Gasteiger partial charge in [0.15, 0.2) is 10.8 Å². The molecule has 14 nitrogen and oxygen atoms in total. The number of likely N-dealkylation sites (tertiary alicyclic amines) is 1. The number of imide groups is 1. The number of nitrogens with one attached hydrogen (secondary N) is 2. The Labute approximate surface area is 351 Å². The van der Waals surface area contributed by atoms with Crippen molar-refractivity contribution in [2.45, 2.75) is 127 Å². The van der Waals surface area contributed by atoms with Gasteiger partial charge in [-0.3, -0.25) is 39.0 Å². The highest BCUT2D eigenvalue weighted by molar-refractivity contribution is 7.80. The number of piperidine rings is 2. The molecule has 1 aliphatic carbocycles. The van der Waals surface area contributed by atoms with Crippen molar-refractivity contribution in [1.82, 2.24) is 29.9 Å². The number of hydrogen-bond acceptors (Lipinski definition) is 10. The molecule has 0 spiro atoms. The van der Waals surface area contributed by atoms with Gasteiger partial charge in [-0.2, -0.15) is 23.5 Å². The Morgan fingerprint density at radius 2 is 1.80 bits per heavy atom. The van der Waals surface area contributed by atoms with Crippen molar-refractivity contribution in [3.05, 3.63) is 47.4 Å². The molecule has 3 aliphatic heterocycles. The van der Waals surface area contributed by atoms with Crippen LogP contribution >= 0.6 is 12.2 Å². The van der Waals surface area contributed by atoms with Gasteiger partial charge in [-0.05, 0) is 109 Å². The van der Waals surface area contributed by atoms with Crippen LogP contribution < -0.4 is 15.5 Å². The van der Waals surface area contributed by atoms with Crippen LogP contribution in [-0.2, 0) is 37.1 Å². The number of halogens is 3. The van der Waals surface area contributed by atoms with Crippen LogP contribution in [0.15, 0.2) is 30.5 Å². The lowest BCUT2D eigenvalue weighted by molar-refractivity contribution is -0.138. The number of amides is 4. The number of benzene rings is 1. The molecule has 18 heteroatoms. The Bertz CT molecular complexity index is 2240. The van der Waals surface area contributed by atoms with Gasteiger partial charge in [0.25, 0.3) is 5.91 Å². The fraction of sp³-hybridized carbons (Fsp3) is 0.571. The van der Waals surface area contributed by atoms with Gasteiger partial charge in [-0.25, -0.2) is 4.98 Å². The van der Waals surface area contributed by atoms with Crippen molar-refractivity contribution in [2.24, 2.45) is 13.0 Å². The molecule has 4 fully saturated rings. The Morgan fingerprint density at radius 3 is 2.45 bits per heavy atom. The zero-order chi connectivity index (χ0) is 43.3. The first-order valence-electron chi connectivity index (χ1n) is 20.5. The predicted molar refractivity (Wildman–Crippen MR) is 219 cm³/mol. The van der Waals surface area contributed by atoms with Crippen LogP contribution in [0.5, 0.6) is 0 Å². The molecule has 1 aromatic carbocycles. The molecule has 4 aliphatic rings. The van der Waals surface area contributed by atoms with Crippen LogP contribution in [-0.4, -0.2) is 96.2 Å². The molecule has 7 rings (SSSR count). The number of para-hydroxylation sites is 1. The summed E-state index contributed by atoms with van der Waals surface area (Å²) in [7, 11) is 1.77. The van der Waals surface area contributed by atoms with E-state index in [-0.39, 0.29) is 65.7 Å². The van der Waals surface area contributed by atoms with E-state index in [1.807, 2.05) is 23.1 Å². The van der Waals surface area contributed by atoms with Crippen molar-refractivity contribution in [2.75, 3.05) is 23.4 Å². The summed E-state index contributed by atoms with van der Waals surface area (Å²) < 4.78 is 49.3. The number of anilines is 2. The van der Waals surface area contributed by atoms with Gasteiger partial charge in [0.2, 0.25) is 17.7 Å². The minimum Gasteiger partial charge on any atom is -0.378 e. The topological polar surface area (TPSA) is 166 Å². The maximum absolute atomic E-state index is 13.7. The second-order valence-corrected chi connectivity index (χ2v) is 17.5. The monoisotopic (exact) mass is 849 g/mol. The zero-order valence-electron chi connectivity index (χ0n) is 34.3. The maximum atomic E-state index is 13.7. The third-order valence-corrected chi connectivity index (χ3v) is 13.1. The van der Waals surface area contributed by atoms with Gasteiger partial charge in [0, 0.05) is 43.6 Å². The summed E-state index contributed by atoms with van der Waals surface area (Å²) in [5.74, 6) is -1.38. The molecule has 2 aromatic heterocycles. The number of nitrogens with zero attached hydrogens (tertiary/aromatic N) is 7. The number of nitriles is 1. The molecule has 0 bridgehead atoms. The lowest BCUT2D eigenvalue weighted by Gasteiger charge is -2.42. The van der Waals surface area contributed by atoms with E-state index < -0.39 is 34.8 Å². The highest BCUT2D eigenvalue weighted by Crippen LogP contribution is 2.41. The van der Waals surface area contributed by atoms with Crippen molar-refractivity contribution >= 4 is 63.2 Å². The molecule has 5 heterocycles. The van der Waals surface area contributed by atoms with E-state index in [9.17, 15) is 37.6 Å². The number of carbonyl (C=O) groups is 4. The van der Waals surface area contributed by atoms with Gasteiger partial charge < -0.3 is 15.0 Å². The first-order valence-corrected chi connectivity index (χ1v) is 20.9. The van der Waals surface area contributed by atoms with E-state index in [0.717, 1.165) is 67.5 Å². The Kier molecular flexibility index (Phi) is 12.1. The average molecular weight is 850 g/mol. The molecule has 60 heavy (non-hydrogen) atoms. The number of rotatable bonds is 10. The fourth-order valence-corrected chi connectivity index (χ4v) is 10.2. The summed E-state index contributed by atoms with van der Waals surface area (Å²) >= 11 is 5.74. The largest absolute Gasteiger partial charge is 0.419 e. The number of alkyl halides is 3. The molecule has 3 aromatic rings. The van der Waals surface area contributed by atoms with Gasteiger partial charge in [-0.15, -0.1) is 0 Å². The molecule has 2 N–H and O–H groups in total. The normalized spacial score (nSPS) is 26.4. The minimum absolute atomic E-state index is 0.0499. The van der Waals surface area contributed by atoms with Gasteiger partial charge >= 0.3 is 6.18 Å². The van der Waals surface area contributed by atoms with E-state index in [1.165, 1.54) is 6.07 Å².